The Kier molecular flexibility index (Phi) is 4.60. The maximum atomic E-state index is 12.4. The fourth-order valence-corrected chi connectivity index (χ4v) is 2.74. The fraction of sp³-hybridized carbons (Fsp3) is 0.353. The first-order valence-electron chi connectivity index (χ1n) is 8.00. The first-order valence-corrected chi connectivity index (χ1v) is 8.00. The lowest BCUT2D eigenvalue weighted by Crippen LogP contribution is -2.21. The van der Waals surface area contributed by atoms with E-state index in [4.69, 9.17) is 9.47 Å². The first-order chi connectivity index (χ1) is 12.1. The number of aromatic amines is 1. The van der Waals surface area contributed by atoms with Gasteiger partial charge in [0.15, 0.2) is 0 Å². The van der Waals surface area contributed by atoms with Crippen LogP contribution in [0.25, 0.3) is 5.78 Å². The number of hydrogen-bond acceptors (Lipinski definition) is 6. The number of nitrogens with zero attached hydrogens (tertiary/aromatic N) is 3. The standard InChI is InChI=1S/C17H21N5O3/c1-5-13-10(2)19-17-20-16(21-22(17)15(13)23)18-9-11-8-12(24-3)6-7-14(11)25-4/h6-8H,5,9H2,1-4H3,(H2,18,19,20,21). The lowest BCUT2D eigenvalue weighted by atomic mass is 10.2. The van der Waals surface area contributed by atoms with Gasteiger partial charge in [0.05, 0.1) is 19.9 Å². The summed E-state index contributed by atoms with van der Waals surface area (Å²) in [6.45, 7) is 4.21. The Balaban J connectivity index is 1.89. The predicted molar refractivity (Wildman–Crippen MR) is 94.6 cm³/mol. The van der Waals surface area contributed by atoms with E-state index in [1.54, 1.807) is 14.2 Å². The number of anilines is 1. The Morgan fingerprint density at radius 3 is 2.72 bits per heavy atom. The molecule has 1 aromatic carbocycles. The summed E-state index contributed by atoms with van der Waals surface area (Å²) in [5, 5.41) is 6.11. The molecule has 0 radical (unpaired) electrons. The molecule has 0 spiro atoms. The zero-order chi connectivity index (χ0) is 18.0. The van der Waals surface area contributed by atoms with E-state index in [1.807, 2.05) is 32.0 Å². The molecule has 8 heteroatoms. The minimum absolute atomic E-state index is 0.121. The van der Waals surface area contributed by atoms with E-state index in [9.17, 15) is 4.79 Å². The van der Waals surface area contributed by atoms with Crippen LogP contribution in [0.15, 0.2) is 23.0 Å². The van der Waals surface area contributed by atoms with Crippen LogP contribution in [0.5, 0.6) is 11.5 Å². The van der Waals surface area contributed by atoms with E-state index in [0.29, 0.717) is 35.9 Å². The molecule has 0 atom stereocenters. The topological polar surface area (TPSA) is 93.5 Å². The molecule has 0 unspecified atom stereocenters. The molecule has 3 rings (SSSR count). The average Bonchev–Trinajstić information content (AvgIpc) is 3.03. The molecule has 0 saturated heterocycles. The van der Waals surface area contributed by atoms with E-state index in [-0.39, 0.29) is 5.56 Å². The maximum absolute atomic E-state index is 12.4. The van der Waals surface area contributed by atoms with Crippen molar-refractivity contribution in [1.82, 2.24) is 19.6 Å². The lowest BCUT2D eigenvalue weighted by molar-refractivity contribution is 0.399. The van der Waals surface area contributed by atoms with E-state index < -0.39 is 0 Å². The third-order valence-corrected chi connectivity index (χ3v) is 4.08. The lowest BCUT2D eigenvalue weighted by Gasteiger charge is -2.10. The monoisotopic (exact) mass is 343 g/mol. The summed E-state index contributed by atoms with van der Waals surface area (Å²) in [4.78, 5) is 21.2. The van der Waals surface area contributed by atoms with Crippen molar-refractivity contribution in [3.8, 4) is 11.5 Å². The van der Waals surface area contributed by atoms with Crippen molar-refractivity contribution in [3.63, 3.8) is 0 Å². The number of benzene rings is 1. The predicted octanol–water partition coefficient (Wildman–Crippen LogP) is 1.92. The highest BCUT2D eigenvalue weighted by molar-refractivity contribution is 5.44. The normalized spacial score (nSPS) is 10.9. The van der Waals surface area contributed by atoms with Gasteiger partial charge in [0.25, 0.3) is 11.3 Å². The number of nitrogens with one attached hydrogen (secondary N) is 2. The van der Waals surface area contributed by atoms with Crippen LogP contribution in [-0.2, 0) is 13.0 Å². The number of rotatable bonds is 6. The van der Waals surface area contributed by atoms with Gasteiger partial charge in [0, 0.05) is 17.7 Å². The number of H-pyrrole nitrogens is 1. The molecule has 2 N–H and O–H groups in total. The van der Waals surface area contributed by atoms with Crippen molar-refractivity contribution in [2.75, 3.05) is 19.5 Å². The van der Waals surface area contributed by atoms with Gasteiger partial charge in [-0.15, -0.1) is 0 Å². The van der Waals surface area contributed by atoms with Crippen LogP contribution >= 0.6 is 0 Å². The minimum Gasteiger partial charge on any atom is -0.497 e. The number of aryl methyl sites for hydroxylation is 1. The van der Waals surface area contributed by atoms with Gasteiger partial charge in [-0.05, 0) is 31.5 Å². The van der Waals surface area contributed by atoms with Crippen molar-refractivity contribution in [2.24, 2.45) is 0 Å². The highest BCUT2D eigenvalue weighted by atomic mass is 16.5. The van der Waals surface area contributed by atoms with Crippen LogP contribution < -0.4 is 20.3 Å². The Hall–Kier alpha value is -3.03. The zero-order valence-corrected chi connectivity index (χ0v) is 14.7. The first kappa shape index (κ1) is 16.8. The van der Waals surface area contributed by atoms with E-state index >= 15 is 0 Å². The van der Waals surface area contributed by atoms with Gasteiger partial charge < -0.3 is 14.8 Å². The SMILES string of the molecule is CCc1c(C)nc2nc(NCc3cc(OC)ccc3OC)[nH]n2c1=O. The Morgan fingerprint density at radius 2 is 2.04 bits per heavy atom. The van der Waals surface area contributed by atoms with Crippen molar-refractivity contribution in [1.29, 1.82) is 0 Å². The quantitative estimate of drug-likeness (QED) is 0.710. The molecular weight excluding hydrogens is 322 g/mol. The highest BCUT2D eigenvalue weighted by Gasteiger charge is 2.12. The van der Waals surface area contributed by atoms with E-state index in [0.717, 1.165) is 17.1 Å². The van der Waals surface area contributed by atoms with Gasteiger partial charge in [-0.3, -0.25) is 9.89 Å². The van der Waals surface area contributed by atoms with Crippen LogP contribution in [0.4, 0.5) is 5.95 Å². The van der Waals surface area contributed by atoms with Crippen LogP contribution in [0.3, 0.4) is 0 Å². The molecular formula is C17H21N5O3. The van der Waals surface area contributed by atoms with Crippen LogP contribution in [0, 0.1) is 6.92 Å². The summed E-state index contributed by atoms with van der Waals surface area (Å²) in [6.07, 6.45) is 0.628. The molecule has 2 aromatic heterocycles. The fourth-order valence-electron chi connectivity index (χ4n) is 2.74. The van der Waals surface area contributed by atoms with Crippen molar-refractivity contribution in [3.05, 3.63) is 45.4 Å². The minimum atomic E-state index is -0.121. The van der Waals surface area contributed by atoms with Gasteiger partial charge in [-0.25, -0.2) is 4.98 Å². The number of methoxy groups -OCH3 is 2. The molecule has 0 amide bonds. The smallest absolute Gasteiger partial charge is 0.277 e. The van der Waals surface area contributed by atoms with Crippen molar-refractivity contribution < 1.29 is 9.47 Å². The maximum Gasteiger partial charge on any atom is 0.277 e. The summed E-state index contributed by atoms with van der Waals surface area (Å²) in [6, 6.07) is 5.57. The summed E-state index contributed by atoms with van der Waals surface area (Å²) in [5.41, 5.74) is 2.18. The van der Waals surface area contributed by atoms with E-state index in [1.165, 1.54) is 4.52 Å². The largest absolute Gasteiger partial charge is 0.497 e. The highest BCUT2D eigenvalue weighted by Crippen LogP contribution is 2.24. The molecule has 25 heavy (non-hydrogen) atoms. The van der Waals surface area contributed by atoms with Gasteiger partial charge in [-0.2, -0.15) is 9.50 Å². The third kappa shape index (κ3) is 3.15. The molecule has 0 aliphatic heterocycles. The molecule has 8 nitrogen and oxygen atoms in total. The molecule has 0 bridgehead atoms. The van der Waals surface area contributed by atoms with Gasteiger partial charge in [0.2, 0.25) is 5.95 Å². The molecule has 3 aromatic rings. The third-order valence-electron chi connectivity index (χ3n) is 4.08. The Bertz CT molecular complexity index is 961. The second-order valence-corrected chi connectivity index (χ2v) is 5.57. The number of aromatic nitrogens is 4. The molecule has 0 aliphatic carbocycles. The second-order valence-electron chi connectivity index (χ2n) is 5.57. The van der Waals surface area contributed by atoms with Crippen molar-refractivity contribution >= 4 is 11.7 Å². The average molecular weight is 343 g/mol. The Labute approximate surface area is 144 Å². The van der Waals surface area contributed by atoms with Crippen LogP contribution in [0.2, 0.25) is 0 Å². The summed E-state index contributed by atoms with van der Waals surface area (Å²) < 4.78 is 12.0. The van der Waals surface area contributed by atoms with Gasteiger partial charge in [0.1, 0.15) is 11.5 Å². The molecule has 132 valence electrons. The van der Waals surface area contributed by atoms with Gasteiger partial charge >= 0.3 is 0 Å². The number of hydrogen-bond donors (Lipinski definition) is 2. The summed E-state index contributed by atoms with van der Waals surface area (Å²) in [7, 11) is 3.23. The molecule has 0 fully saturated rings. The van der Waals surface area contributed by atoms with Crippen molar-refractivity contribution in [2.45, 2.75) is 26.8 Å². The summed E-state index contributed by atoms with van der Waals surface area (Å²) >= 11 is 0. The summed E-state index contributed by atoms with van der Waals surface area (Å²) in [5.74, 6) is 2.29. The zero-order valence-electron chi connectivity index (χ0n) is 14.7. The molecule has 2 heterocycles. The molecule has 0 saturated carbocycles. The number of fused-ring (bicyclic) bond motifs is 1. The van der Waals surface area contributed by atoms with Crippen LogP contribution in [-0.4, -0.2) is 33.8 Å². The van der Waals surface area contributed by atoms with E-state index in [2.05, 4.69) is 20.4 Å². The molecule has 0 aliphatic rings. The van der Waals surface area contributed by atoms with Crippen LogP contribution in [0.1, 0.15) is 23.7 Å². The second kappa shape index (κ2) is 6.84. The Morgan fingerprint density at radius 1 is 1.24 bits per heavy atom. The van der Waals surface area contributed by atoms with Gasteiger partial charge in [-0.1, -0.05) is 6.92 Å². The number of ether oxygens (including phenoxy) is 2.